The number of hydrogen-bond acceptors (Lipinski definition) is 2. The number of rotatable bonds is 2. The van der Waals surface area contributed by atoms with Gasteiger partial charge in [-0.2, -0.15) is 0 Å². The van der Waals surface area contributed by atoms with Crippen LogP contribution in [0.15, 0.2) is 12.1 Å². The van der Waals surface area contributed by atoms with Crippen LogP contribution in [0.5, 0.6) is 0 Å². The molecule has 3 heteroatoms. The molecule has 80 valence electrons. The fourth-order valence-corrected chi connectivity index (χ4v) is 1.50. The molecule has 0 unspecified atom stereocenters. The molecule has 0 atom stereocenters. The monoisotopic (exact) mass is 205 g/mol. The largest absolute Gasteiger partial charge is 0.309 e. The molecule has 1 rings (SSSR count). The SMILES string of the molecule is Cc1ccc(N(C)C(=O)C=O)c(C)c1C. The molecule has 1 aromatic carbocycles. The van der Waals surface area contributed by atoms with E-state index in [1.165, 1.54) is 10.5 Å². The third-order valence-electron chi connectivity index (χ3n) is 2.82. The van der Waals surface area contributed by atoms with Crippen LogP contribution >= 0.6 is 0 Å². The molecule has 0 spiro atoms. The van der Waals surface area contributed by atoms with Gasteiger partial charge in [-0.05, 0) is 43.5 Å². The molecule has 0 aliphatic rings. The van der Waals surface area contributed by atoms with E-state index in [4.69, 9.17) is 0 Å². The number of aryl methyl sites for hydroxylation is 1. The van der Waals surface area contributed by atoms with Gasteiger partial charge in [-0.3, -0.25) is 9.59 Å². The smallest absolute Gasteiger partial charge is 0.290 e. The predicted octanol–water partition coefficient (Wildman–Crippen LogP) is 1.77. The summed E-state index contributed by atoms with van der Waals surface area (Å²) < 4.78 is 0. The molecule has 0 N–H and O–H groups in total. The quantitative estimate of drug-likeness (QED) is 0.545. The van der Waals surface area contributed by atoms with Gasteiger partial charge < -0.3 is 4.90 Å². The number of nitrogens with zero attached hydrogens (tertiary/aromatic N) is 1. The molecule has 0 aliphatic heterocycles. The fourth-order valence-electron chi connectivity index (χ4n) is 1.50. The lowest BCUT2D eigenvalue weighted by Gasteiger charge is -2.19. The van der Waals surface area contributed by atoms with Crippen LogP contribution in [0.2, 0.25) is 0 Å². The first-order chi connectivity index (χ1) is 6.99. The van der Waals surface area contributed by atoms with Gasteiger partial charge in [0.05, 0.1) is 0 Å². The molecule has 0 fully saturated rings. The molecule has 0 aliphatic carbocycles. The number of anilines is 1. The Balaban J connectivity index is 3.21. The van der Waals surface area contributed by atoms with E-state index in [0.717, 1.165) is 16.8 Å². The molecular formula is C12H15NO2. The lowest BCUT2D eigenvalue weighted by Crippen LogP contribution is -2.27. The molecule has 0 saturated heterocycles. The van der Waals surface area contributed by atoms with E-state index in [-0.39, 0.29) is 0 Å². The van der Waals surface area contributed by atoms with Crippen LogP contribution in [0.4, 0.5) is 5.69 Å². The summed E-state index contributed by atoms with van der Waals surface area (Å²) >= 11 is 0. The Morgan fingerprint density at radius 2 is 1.80 bits per heavy atom. The zero-order valence-electron chi connectivity index (χ0n) is 9.50. The Labute approximate surface area is 89.7 Å². The average molecular weight is 205 g/mol. The Morgan fingerprint density at radius 3 is 2.33 bits per heavy atom. The van der Waals surface area contributed by atoms with E-state index in [1.54, 1.807) is 7.05 Å². The van der Waals surface area contributed by atoms with Crippen LogP contribution < -0.4 is 4.90 Å². The van der Waals surface area contributed by atoms with Crippen molar-refractivity contribution in [3.05, 3.63) is 28.8 Å². The highest BCUT2D eigenvalue weighted by Gasteiger charge is 2.13. The minimum absolute atomic E-state index is 0.328. The van der Waals surface area contributed by atoms with Crippen LogP contribution in [-0.2, 0) is 9.59 Å². The minimum Gasteiger partial charge on any atom is -0.309 e. The Hall–Kier alpha value is -1.64. The first-order valence-electron chi connectivity index (χ1n) is 4.78. The maximum atomic E-state index is 11.2. The van der Waals surface area contributed by atoms with Crippen LogP contribution in [0.3, 0.4) is 0 Å². The van der Waals surface area contributed by atoms with Crippen molar-refractivity contribution < 1.29 is 9.59 Å². The van der Waals surface area contributed by atoms with Crippen molar-refractivity contribution in [2.75, 3.05) is 11.9 Å². The van der Waals surface area contributed by atoms with Gasteiger partial charge >= 0.3 is 0 Å². The van der Waals surface area contributed by atoms with E-state index in [2.05, 4.69) is 0 Å². The van der Waals surface area contributed by atoms with Gasteiger partial charge in [-0.1, -0.05) is 6.07 Å². The maximum Gasteiger partial charge on any atom is 0.290 e. The number of aldehydes is 1. The topological polar surface area (TPSA) is 37.4 Å². The summed E-state index contributed by atoms with van der Waals surface area (Å²) in [6.07, 6.45) is 0.328. The summed E-state index contributed by atoms with van der Waals surface area (Å²) in [4.78, 5) is 23.0. The van der Waals surface area contributed by atoms with Crippen molar-refractivity contribution in [2.24, 2.45) is 0 Å². The van der Waals surface area contributed by atoms with Crippen molar-refractivity contribution in [1.82, 2.24) is 0 Å². The predicted molar refractivity (Wildman–Crippen MR) is 60.1 cm³/mol. The van der Waals surface area contributed by atoms with E-state index in [9.17, 15) is 9.59 Å². The number of amides is 1. The Morgan fingerprint density at radius 1 is 1.20 bits per heavy atom. The summed E-state index contributed by atoms with van der Waals surface area (Å²) in [6, 6.07) is 3.81. The van der Waals surface area contributed by atoms with Crippen molar-refractivity contribution >= 4 is 17.9 Å². The second kappa shape index (κ2) is 4.26. The Bertz CT molecular complexity index is 410. The lowest BCUT2D eigenvalue weighted by atomic mass is 10.0. The molecule has 3 nitrogen and oxygen atoms in total. The number of carbonyl (C=O) groups is 2. The molecule has 1 amide bonds. The van der Waals surface area contributed by atoms with E-state index >= 15 is 0 Å². The zero-order valence-corrected chi connectivity index (χ0v) is 9.50. The average Bonchev–Trinajstić information content (AvgIpc) is 2.24. The number of carbonyl (C=O) groups excluding carboxylic acids is 2. The van der Waals surface area contributed by atoms with Gasteiger partial charge in [0.1, 0.15) is 0 Å². The minimum atomic E-state index is -0.527. The lowest BCUT2D eigenvalue weighted by molar-refractivity contribution is -0.129. The van der Waals surface area contributed by atoms with Crippen molar-refractivity contribution in [2.45, 2.75) is 20.8 Å². The standard InChI is InChI=1S/C12H15NO2/c1-8-5-6-11(10(3)9(8)2)13(4)12(15)7-14/h5-7H,1-4H3. The molecule has 15 heavy (non-hydrogen) atoms. The first-order valence-corrected chi connectivity index (χ1v) is 4.78. The second-order valence-corrected chi connectivity index (χ2v) is 3.67. The van der Waals surface area contributed by atoms with Gasteiger partial charge in [0.15, 0.2) is 0 Å². The number of hydrogen-bond donors (Lipinski definition) is 0. The Kier molecular flexibility index (Phi) is 3.24. The highest BCUT2D eigenvalue weighted by molar-refractivity contribution is 6.30. The fraction of sp³-hybridized carbons (Fsp3) is 0.333. The van der Waals surface area contributed by atoms with E-state index in [1.807, 2.05) is 32.9 Å². The molecular weight excluding hydrogens is 190 g/mol. The van der Waals surface area contributed by atoms with Crippen molar-refractivity contribution in [3.8, 4) is 0 Å². The molecule has 0 heterocycles. The summed E-state index contributed by atoms with van der Waals surface area (Å²) in [5.41, 5.74) is 4.16. The molecule has 0 saturated carbocycles. The van der Waals surface area contributed by atoms with E-state index < -0.39 is 5.91 Å². The van der Waals surface area contributed by atoms with Crippen molar-refractivity contribution in [1.29, 1.82) is 0 Å². The van der Waals surface area contributed by atoms with Crippen LogP contribution in [0.25, 0.3) is 0 Å². The molecule has 0 bridgehead atoms. The first kappa shape index (κ1) is 11.4. The highest BCUT2D eigenvalue weighted by atomic mass is 16.2. The zero-order chi connectivity index (χ0) is 11.6. The van der Waals surface area contributed by atoms with Gasteiger partial charge in [-0.15, -0.1) is 0 Å². The van der Waals surface area contributed by atoms with Crippen molar-refractivity contribution in [3.63, 3.8) is 0 Å². The number of benzene rings is 1. The summed E-state index contributed by atoms with van der Waals surface area (Å²) in [7, 11) is 1.60. The van der Waals surface area contributed by atoms with Crippen LogP contribution in [0.1, 0.15) is 16.7 Å². The van der Waals surface area contributed by atoms with Crippen LogP contribution in [-0.4, -0.2) is 19.2 Å². The summed E-state index contributed by atoms with van der Waals surface area (Å²) in [5.74, 6) is -0.527. The van der Waals surface area contributed by atoms with Gasteiger partial charge in [0, 0.05) is 12.7 Å². The summed E-state index contributed by atoms with van der Waals surface area (Å²) in [6.45, 7) is 5.98. The molecule has 0 radical (unpaired) electrons. The van der Waals surface area contributed by atoms with Gasteiger partial charge in [-0.25, -0.2) is 0 Å². The van der Waals surface area contributed by atoms with Gasteiger partial charge in [0.25, 0.3) is 5.91 Å². The third-order valence-corrected chi connectivity index (χ3v) is 2.82. The molecule has 0 aromatic heterocycles. The second-order valence-electron chi connectivity index (χ2n) is 3.67. The summed E-state index contributed by atoms with van der Waals surface area (Å²) in [5, 5.41) is 0. The molecule has 1 aromatic rings. The normalized spacial score (nSPS) is 9.87. The maximum absolute atomic E-state index is 11.2. The van der Waals surface area contributed by atoms with E-state index in [0.29, 0.717) is 6.29 Å². The third kappa shape index (κ3) is 2.06. The highest BCUT2D eigenvalue weighted by Crippen LogP contribution is 2.24. The van der Waals surface area contributed by atoms with Crippen LogP contribution in [0, 0.1) is 20.8 Å². The number of likely N-dealkylation sites (N-methyl/N-ethyl adjacent to an activating group) is 1. The van der Waals surface area contributed by atoms with Gasteiger partial charge in [0.2, 0.25) is 6.29 Å².